The molecule has 0 radical (unpaired) electrons. The van der Waals surface area contributed by atoms with Gasteiger partial charge < -0.3 is 15.9 Å². The molecule has 0 saturated heterocycles. The quantitative estimate of drug-likeness (QED) is 0.506. The topological polar surface area (TPSA) is 83.6 Å². The Morgan fingerprint density at radius 2 is 2.08 bits per heavy atom. The van der Waals surface area contributed by atoms with Crippen molar-refractivity contribution in [3.05, 3.63) is 0 Å². The fraction of sp³-hybridized carbons (Fsp3) is 0.875. The van der Waals surface area contributed by atoms with Crippen LogP contribution in [0.15, 0.2) is 0 Å². The first-order valence-electron chi connectivity index (χ1n) is 4.23. The fourth-order valence-corrected chi connectivity index (χ4v) is 2.51. The van der Waals surface area contributed by atoms with Gasteiger partial charge in [0.25, 0.3) is 0 Å². The van der Waals surface area contributed by atoms with Crippen LogP contribution >= 0.6 is 0 Å². The van der Waals surface area contributed by atoms with Gasteiger partial charge in [-0.25, -0.2) is 0 Å². The summed E-state index contributed by atoms with van der Waals surface area (Å²) >= 11 is 0. The van der Waals surface area contributed by atoms with Gasteiger partial charge in [0.05, 0.1) is 6.10 Å². The van der Waals surface area contributed by atoms with Gasteiger partial charge in [0.1, 0.15) is 5.54 Å². The van der Waals surface area contributed by atoms with Crippen LogP contribution in [-0.4, -0.2) is 27.8 Å². The van der Waals surface area contributed by atoms with Crippen molar-refractivity contribution in [1.82, 2.24) is 0 Å². The van der Waals surface area contributed by atoms with Gasteiger partial charge in [-0.1, -0.05) is 6.42 Å². The van der Waals surface area contributed by atoms with E-state index in [9.17, 15) is 9.90 Å². The first-order valence-corrected chi connectivity index (χ1v) is 4.23. The third-order valence-electron chi connectivity index (χ3n) is 3.67. The first-order chi connectivity index (χ1) is 5.53. The minimum atomic E-state index is -1.15. The molecule has 2 aliphatic rings. The summed E-state index contributed by atoms with van der Waals surface area (Å²) in [6, 6.07) is 0. The zero-order chi connectivity index (χ0) is 8.98. The first kappa shape index (κ1) is 8.01. The Morgan fingerprint density at radius 1 is 1.50 bits per heavy atom. The second-order valence-corrected chi connectivity index (χ2v) is 4.01. The van der Waals surface area contributed by atoms with Crippen molar-refractivity contribution < 1.29 is 15.0 Å². The highest BCUT2D eigenvalue weighted by molar-refractivity contribution is 5.82. The van der Waals surface area contributed by atoms with Crippen LogP contribution in [0, 0.1) is 5.41 Å². The Kier molecular flexibility index (Phi) is 1.34. The normalized spacial score (nSPS) is 43.3. The zero-order valence-corrected chi connectivity index (χ0v) is 6.79. The van der Waals surface area contributed by atoms with Gasteiger partial charge in [0.2, 0.25) is 0 Å². The van der Waals surface area contributed by atoms with Gasteiger partial charge >= 0.3 is 5.97 Å². The van der Waals surface area contributed by atoms with Crippen LogP contribution in [-0.2, 0) is 4.79 Å². The maximum Gasteiger partial charge on any atom is 0.324 e. The van der Waals surface area contributed by atoms with E-state index in [1.165, 1.54) is 0 Å². The molecule has 2 unspecified atom stereocenters. The Bertz CT molecular complexity index is 236. The third-order valence-corrected chi connectivity index (χ3v) is 3.67. The molecule has 2 fully saturated rings. The minimum Gasteiger partial charge on any atom is -0.480 e. The van der Waals surface area contributed by atoms with E-state index in [0.717, 1.165) is 19.3 Å². The number of carboxylic acids is 1. The van der Waals surface area contributed by atoms with Crippen molar-refractivity contribution in [2.75, 3.05) is 0 Å². The highest BCUT2D eigenvalue weighted by Crippen LogP contribution is 2.60. The number of hydrogen-bond donors (Lipinski definition) is 3. The van der Waals surface area contributed by atoms with E-state index < -0.39 is 23.0 Å². The van der Waals surface area contributed by atoms with Gasteiger partial charge in [-0.05, 0) is 12.8 Å². The van der Waals surface area contributed by atoms with Crippen LogP contribution in [0.5, 0.6) is 0 Å². The van der Waals surface area contributed by atoms with Gasteiger partial charge in [-0.2, -0.15) is 0 Å². The summed E-state index contributed by atoms with van der Waals surface area (Å²) in [5.74, 6) is -0.965. The standard InChI is InChI=1S/C8H13NO3/c9-8(6(11)12)4-5(10)7(8)2-1-3-7/h5,10H,1-4,9H2,(H,11,12). The number of aliphatic hydroxyl groups excluding tert-OH is 1. The lowest BCUT2D eigenvalue weighted by molar-refractivity contribution is -0.204. The van der Waals surface area contributed by atoms with E-state index in [4.69, 9.17) is 10.8 Å². The van der Waals surface area contributed by atoms with Crippen molar-refractivity contribution in [3.8, 4) is 0 Å². The predicted molar refractivity (Wildman–Crippen MR) is 41.5 cm³/mol. The fourth-order valence-electron chi connectivity index (χ4n) is 2.51. The molecule has 2 rings (SSSR count). The van der Waals surface area contributed by atoms with E-state index >= 15 is 0 Å². The average molecular weight is 171 g/mol. The number of aliphatic hydroxyl groups is 1. The van der Waals surface area contributed by atoms with Gasteiger partial charge in [0.15, 0.2) is 0 Å². The maximum atomic E-state index is 10.8. The number of carbonyl (C=O) groups is 1. The lowest BCUT2D eigenvalue weighted by Crippen LogP contribution is -2.77. The summed E-state index contributed by atoms with van der Waals surface area (Å²) in [6.45, 7) is 0. The Morgan fingerprint density at radius 3 is 2.25 bits per heavy atom. The molecule has 4 heteroatoms. The summed E-state index contributed by atoms with van der Waals surface area (Å²) in [4.78, 5) is 10.8. The number of rotatable bonds is 1. The van der Waals surface area contributed by atoms with Crippen molar-refractivity contribution >= 4 is 5.97 Å². The monoisotopic (exact) mass is 171 g/mol. The molecular weight excluding hydrogens is 158 g/mol. The molecule has 0 aromatic rings. The lowest BCUT2D eigenvalue weighted by atomic mass is 9.44. The van der Waals surface area contributed by atoms with E-state index in [0.29, 0.717) is 0 Å². The minimum absolute atomic E-state index is 0.211. The molecule has 4 nitrogen and oxygen atoms in total. The Labute approximate surface area is 70.4 Å². The molecule has 12 heavy (non-hydrogen) atoms. The number of aliphatic carboxylic acids is 1. The summed E-state index contributed by atoms with van der Waals surface area (Å²) in [6.07, 6.45) is 2.23. The van der Waals surface area contributed by atoms with E-state index in [2.05, 4.69) is 0 Å². The largest absolute Gasteiger partial charge is 0.480 e. The van der Waals surface area contributed by atoms with Gasteiger partial charge in [0, 0.05) is 11.8 Å². The third kappa shape index (κ3) is 0.593. The summed E-state index contributed by atoms with van der Waals surface area (Å²) < 4.78 is 0. The number of carboxylic acid groups (broad SMARTS) is 1. The Hall–Kier alpha value is -0.610. The van der Waals surface area contributed by atoms with Crippen molar-refractivity contribution in [3.63, 3.8) is 0 Å². The highest BCUT2D eigenvalue weighted by atomic mass is 16.4. The smallest absolute Gasteiger partial charge is 0.324 e. The maximum absolute atomic E-state index is 10.8. The molecule has 1 spiro atoms. The second kappa shape index (κ2) is 2.00. The molecule has 4 N–H and O–H groups in total. The van der Waals surface area contributed by atoms with Crippen molar-refractivity contribution in [2.45, 2.75) is 37.3 Å². The molecule has 0 aliphatic heterocycles. The molecule has 0 bridgehead atoms. The zero-order valence-electron chi connectivity index (χ0n) is 6.79. The van der Waals surface area contributed by atoms with Crippen LogP contribution in [0.1, 0.15) is 25.7 Å². The number of nitrogens with two attached hydrogens (primary N) is 1. The highest BCUT2D eigenvalue weighted by Gasteiger charge is 2.69. The molecule has 0 amide bonds. The van der Waals surface area contributed by atoms with E-state index in [1.54, 1.807) is 0 Å². The van der Waals surface area contributed by atoms with Crippen LogP contribution in [0.25, 0.3) is 0 Å². The molecule has 0 aromatic heterocycles. The Balaban J connectivity index is 2.25. The summed E-state index contributed by atoms with van der Waals surface area (Å²) in [7, 11) is 0. The average Bonchev–Trinajstić information content (AvgIpc) is 1.81. The lowest BCUT2D eigenvalue weighted by Gasteiger charge is -2.63. The van der Waals surface area contributed by atoms with Crippen LogP contribution in [0.4, 0.5) is 0 Å². The van der Waals surface area contributed by atoms with Gasteiger partial charge in [-0.3, -0.25) is 4.79 Å². The molecule has 2 aliphatic carbocycles. The molecule has 2 saturated carbocycles. The van der Waals surface area contributed by atoms with Crippen molar-refractivity contribution in [2.24, 2.45) is 11.1 Å². The molecule has 0 aromatic carbocycles. The van der Waals surface area contributed by atoms with E-state index in [1.807, 2.05) is 0 Å². The van der Waals surface area contributed by atoms with Gasteiger partial charge in [-0.15, -0.1) is 0 Å². The van der Waals surface area contributed by atoms with Crippen LogP contribution in [0.2, 0.25) is 0 Å². The number of hydrogen-bond acceptors (Lipinski definition) is 3. The molecule has 2 atom stereocenters. The predicted octanol–water partition coefficient (Wildman–Crippen LogP) is -0.297. The molecule has 0 heterocycles. The van der Waals surface area contributed by atoms with E-state index in [-0.39, 0.29) is 6.42 Å². The molecule has 68 valence electrons. The van der Waals surface area contributed by atoms with Crippen LogP contribution in [0.3, 0.4) is 0 Å². The summed E-state index contributed by atoms with van der Waals surface area (Å²) in [5, 5.41) is 18.3. The molecular formula is C8H13NO3. The SMILES string of the molecule is NC1(C(=O)O)CC(O)C12CCC2. The summed E-state index contributed by atoms with van der Waals surface area (Å²) in [5.41, 5.74) is 4.08. The van der Waals surface area contributed by atoms with Crippen LogP contribution < -0.4 is 5.73 Å². The van der Waals surface area contributed by atoms with Crippen molar-refractivity contribution in [1.29, 1.82) is 0 Å². The second-order valence-electron chi connectivity index (χ2n) is 4.01.